The van der Waals surface area contributed by atoms with Crippen LogP contribution in [-0.2, 0) is 9.53 Å². The minimum absolute atomic E-state index is 0.0501. The van der Waals surface area contributed by atoms with Crippen LogP contribution < -0.4 is 10.6 Å². The summed E-state index contributed by atoms with van der Waals surface area (Å²) >= 11 is 0. The van der Waals surface area contributed by atoms with Crippen molar-refractivity contribution >= 4 is 17.6 Å². The first-order valence-corrected chi connectivity index (χ1v) is 10.4. The third-order valence-corrected chi connectivity index (χ3v) is 5.46. The van der Waals surface area contributed by atoms with Gasteiger partial charge in [-0.2, -0.15) is 0 Å². The Hall–Kier alpha value is -2.12. The quantitative estimate of drug-likeness (QED) is 0.751. The minimum atomic E-state index is -0.0501. The second-order valence-electron chi connectivity index (χ2n) is 7.59. The predicted molar refractivity (Wildman–Crippen MR) is 109 cm³/mol. The van der Waals surface area contributed by atoms with Crippen LogP contribution in [0.15, 0.2) is 30.3 Å². The molecule has 2 aliphatic rings. The van der Waals surface area contributed by atoms with Gasteiger partial charge in [0, 0.05) is 51.4 Å². The van der Waals surface area contributed by atoms with E-state index in [1.165, 1.54) is 0 Å². The smallest absolute Gasteiger partial charge is 0.321 e. The average molecular weight is 389 g/mol. The fraction of sp³-hybridized carbons (Fsp3) is 0.619. The second-order valence-corrected chi connectivity index (χ2v) is 7.59. The number of nitrogens with zero attached hydrogens (tertiary/aromatic N) is 2. The summed E-state index contributed by atoms with van der Waals surface area (Å²) in [5.41, 5.74) is 0.814. The molecule has 28 heavy (non-hydrogen) atoms. The fourth-order valence-electron chi connectivity index (χ4n) is 3.81. The van der Waals surface area contributed by atoms with Gasteiger partial charge in [-0.25, -0.2) is 4.79 Å². The second kappa shape index (κ2) is 11.0. The zero-order valence-corrected chi connectivity index (χ0v) is 16.6. The molecule has 0 aliphatic carbocycles. The molecule has 0 spiro atoms. The van der Waals surface area contributed by atoms with E-state index >= 15 is 0 Å². The summed E-state index contributed by atoms with van der Waals surface area (Å²) in [6.45, 7) is 6.52. The molecule has 7 nitrogen and oxygen atoms in total. The monoisotopic (exact) mass is 388 g/mol. The Balaban J connectivity index is 1.32. The van der Waals surface area contributed by atoms with Gasteiger partial charge in [-0.1, -0.05) is 18.2 Å². The van der Waals surface area contributed by atoms with Gasteiger partial charge in [0.1, 0.15) is 0 Å². The van der Waals surface area contributed by atoms with Crippen molar-refractivity contribution in [3.05, 3.63) is 30.3 Å². The van der Waals surface area contributed by atoms with Gasteiger partial charge in [0.15, 0.2) is 0 Å². The molecule has 1 aromatic rings. The van der Waals surface area contributed by atoms with Crippen LogP contribution in [0.3, 0.4) is 0 Å². The summed E-state index contributed by atoms with van der Waals surface area (Å²) in [6, 6.07) is 9.48. The van der Waals surface area contributed by atoms with Gasteiger partial charge in [-0.15, -0.1) is 0 Å². The molecule has 0 saturated carbocycles. The molecule has 3 amide bonds. The van der Waals surface area contributed by atoms with Crippen molar-refractivity contribution in [2.75, 3.05) is 57.8 Å². The Bertz CT molecular complexity index is 619. The third-order valence-electron chi connectivity index (χ3n) is 5.46. The number of likely N-dealkylation sites (tertiary alicyclic amines) is 1. The van der Waals surface area contributed by atoms with Crippen LogP contribution in [0.5, 0.6) is 0 Å². The van der Waals surface area contributed by atoms with Crippen molar-refractivity contribution in [2.45, 2.75) is 25.7 Å². The number of ether oxygens (including phenoxy) is 1. The predicted octanol–water partition coefficient (Wildman–Crippen LogP) is 2.16. The number of anilines is 1. The largest absolute Gasteiger partial charge is 0.379 e. The molecule has 2 saturated heterocycles. The van der Waals surface area contributed by atoms with E-state index in [4.69, 9.17) is 4.74 Å². The van der Waals surface area contributed by atoms with Gasteiger partial charge >= 0.3 is 6.03 Å². The molecule has 0 radical (unpaired) electrons. The number of morpholine rings is 1. The van der Waals surface area contributed by atoms with Gasteiger partial charge < -0.3 is 20.3 Å². The van der Waals surface area contributed by atoms with Crippen LogP contribution in [0.25, 0.3) is 0 Å². The Morgan fingerprint density at radius 3 is 2.68 bits per heavy atom. The molecular formula is C21H32N4O3. The van der Waals surface area contributed by atoms with Crippen LogP contribution in [0, 0.1) is 5.92 Å². The number of urea groups is 1. The Labute approximate surface area is 167 Å². The minimum Gasteiger partial charge on any atom is -0.379 e. The Kier molecular flexibility index (Phi) is 8.11. The molecule has 0 aromatic heterocycles. The van der Waals surface area contributed by atoms with Crippen LogP contribution in [-0.4, -0.2) is 74.2 Å². The van der Waals surface area contributed by atoms with Crippen molar-refractivity contribution in [1.29, 1.82) is 0 Å². The van der Waals surface area contributed by atoms with Gasteiger partial charge in [-0.05, 0) is 37.3 Å². The number of piperidine rings is 1. The summed E-state index contributed by atoms with van der Waals surface area (Å²) < 4.78 is 5.33. The van der Waals surface area contributed by atoms with Crippen LogP contribution in [0.4, 0.5) is 10.5 Å². The highest BCUT2D eigenvalue weighted by Crippen LogP contribution is 2.21. The highest BCUT2D eigenvalue weighted by Gasteiger charge is 2.24. The Morgan fingerprint density at radius 2 is 1.89 bits per heavy atom. The van der Waals surface area contributed by atoms with Crippen molar-refractivity contribution in [1.82, 2.24) is 15.1 Å². The van der Waals surface area contributed by atoms with Gasteiger partial charge in [0.2, 0.25) is 5.91 Å². The number of hydrogen-bond acceptors (Lipinski definition) is 4. The van der Waals surface area contributed by atoms with Crippen LogP contribution >= 0.6 is 0 Å². The summed E-state index contributed by atoms with van der Waals surface area (Å²) in [4.78, 5) is 28.8. The lowest BCUT2D eigenvalue weighted by molar-refractivity contribution is -0.121. The summed E-state index contributed by atoms with van der Waals surface area (Å²) in [7, 11) is 0. The SMILES string of the molecule is O=C(CC[C@H]1CCCN(C(=O)Nc2ccccc2)C1)NCCN1CCOCC1. The molecule has 2 fully saturated rings. The molecule has 3 rings (SSSR count). The zero-order valence-electron chi connectivity index (χ0n) is 16.6. The summed E-state index contributed by atoms with van der Waals surface area (Å²) in [5, 5.41) is 5.97. The van der Waals surface area contributed by atoms with Crippen molar-refractivity contribution in [3.8, 4) is 0 Å². The molecule has 0 bridgehead atoms. The van der Waals surface area contributed by atoms with E-state index in [9.17, 15) is 9.59 Å². The summed E-state index contributed by atoms with van der Waals surface area (Å²) in [6.07, 6.45) is 3.43. The molecule has 1 atom stereocenters. The topological polar surface area (TPSA) is 73.9 Å². The van der Waals surface area contributed by atoms with Crippen molar-refractivity contribution < 1.29 is 14.3 Å². The highest BCUT2D eigenvalue weighted by molar-refractivity contribution is 5.89. The fourth-order valence-corrected chi connectivity index (χ4v) is 3.81. The third kappa shape index (κ3) is 6.80. The maximum Gasteiger partial charge on any atom is 0.321 e. The zero-order chi connectivity index (χ0) is 19.6. The van der Waals surface area contributed by atoms with Crippen molar-refractivity contribution in [2.24, 2.45) is 5.92 Å². The first kappa shape index (κ1) is 20.6. The molecule has 2 N–H and O–H groups in total. The maximum atomic E-state index is 12.5. The number of benzene rings is 1. The molecule has 2 aliphatic heterocycles. The molecule has 2 heterocycles. The standard InChI is InChI=1S/C21H32N4O3/c26-20(22-10-12-24-13-15-28-16-14-24)9-8-18-5-4-11-25(17-18)21(27)23-19-6-2-1-3-7-19/h1-3,6-7,18H,4-5,8-17H2,(H,22,26)(H,23,27)/t18-/m1/s1. The van der Waals surface area contributed by atoms with E-state index in [0.717, 1.165) is 70.9 Å². The van der Waals surface area contributed by atoms with Gasteiger partial charge in [-0.3, -0.25) is 9.69 Å². The molecule has 0 unspecified atom stereocenters. The van der Waals surface area contributed by atoms with E-state index in [-0.39, 0.29) is 11.9 Å². The lowest BCUT2D eigenvalue weighted by Gasteiger charge is -2.32. The Morgan fingerprint density at radius 1 is 1.11 bits per heavy atom. The number of para-hydroxylation sites is 1. The molecular weight excluding hydrogens is 356 g/mol. The first-order chi connectivity index (χ1) is 13.7. The van der Waals surface area contributed by atoms with E-state index < -0.39 is 0 Å². The van der Waals surface area contributed by atoms with Crippen LogP contribution in [0.2, 0.25) is 0 Å². The molecule has 154 valence electrons. The van der Waals surface area contributed by atoms with Crippen LogP contribution in [0.1, 0.15) is 25.7 Å². The number of nitrogens with one attached hydrogen (secondary N) is 2. The van der Waals surface area contributed by atoms with E-state index in [2.05, 4.69) is 15.5 Å². The highest BCUT2D eigenvalue weighted by atomic mass is 16.5. The molecule has 1 aromatic carbocycles. The number of carbonyl (C=O) groups is 2. The van der Waals surface area contributed by atoms with Gasteiger partial charge in [0.05, 0.1) is 13.2 Å². The normalized spacial score (nSPS) is 20.6. The lowest BCUT2D eigenvalue weighted by Crippen LogP contribution is -2.43. The number of amides is 3. The van der Waals surface area contributed by atoms with E-state index in [0.29, 0.717) is 18.9 Å². The van der Waals surface area contributed by atoms with Gasteiger partial charge in [0.25, 0.3) is 0 Å². The number of hydrogen-bond donors (Lipinski definition) is 2. The number of carbonyl (C=O) groups excluding carboxylic acids is 2. The first-order valence-electron chi connectivity index (χ1n) is 10.4. The molecule has 7 heteroatoms. The maximum absolute atomic E-state index is 12.5. The number of rotatable bonds is 7. The van der Waals surface area contributed by atoms with E-state index in [1.54, 1.807) is 0 Å². The van der Waals surface area contributed by atoms with E-state index in [1.807, 2.05) is 35.2 Å². The average Bonchev–Trinajstić information content (AvgIpc) is 2.74. The summed E-state index contributed by atoms with van der Waals surface area (Å²) in [5.74, 6) is 0.499. The van der Waals surface area contributed by atoms with Crippen molar-refractivity contribution in [3.63, 3.8) is 0 Å². The lowest BCUT2D eigenvalue weighted by atomic mass is 9.93.